The molecule has 2 aromatic carbocycles. The van der Waals surface area contributed by atoms with Crippen molar-refractivity contribution in [1.82, 2.24) is 9.88 Å². The zero-order valence-corrected chi connectivity index (χ0v) is 24.1. The molecule has 2 N–H and O–H groups in total. The van der Waals surface area contributed by atoms with E-state index < -0.39 is 5.92 Å². The SMILES string of the molecule is CC.COC(=O)c1cccc(NCC#N)c1.COc1cc(C)c2[nH]ccc2c1CN1CCC2(CC1)CC(F)(F)C2. The number of piperidine rings is 1. The zero-order chi connectivity index (χ0) is 29.3. The third-order valence-corrected chi connectivity index (χ3v) is 7.55. The number of aromatic amines is 1. The highest BCUT2D eigenvalue weighted by Gasteiger charge is 2.56. The smallest absolute Gasteiger partial charge is 0.337 e. The Morgan fingerprint density at radius 1 is 1.15 bits per heavy atom. The number of carbonyl (C=O) groups excluding carboxylic acids is 1. The summed E-state index contributed by atoms with van der Waals surface area (Å²) in [5.74, 6) is -1.89. The summed E-state index contributed by atoms with van der Waals surface area (Å²) >= 11 is 0. The van der Waals surface area contributed by atoms with Crippen LogP contribution in [0.3, 0.4) is 0 Å². The number of esters is 1. The van der Waals surface area contributed by atoms with Gasteiger partial charge in [0.1, 0.15) is 12.3 Å². The van der Waals surface area contributed by atoms with Gasteiger partial charge in [-0.3, -0.25) is 4.90 Å². The summed E-state index contributed by atoms with van der Waals surface area (Å²) in [5.41, 5.74) is 4.61. The lowest BCUT2D eigenvalue weighted by molar-refractivity contribution is -0.178. The van der Waals surface area contributed by atoms with Gasteiger partial charge in [-0.15, -0.1) is 0 Å². The molecular formula is C31H40F2N4O3. The monoisotopic (exact) mass is 554 g/mol. The maximum absolute atomic E-state index is 13.3. The van der Waals surface area contributed by atoms with E-state index in [4.69, 9.17) is 10.00 Å². The van der Waals surface area contributed by atoms with E-state index in [1.165, 1.54) is 23.6 Å². The third kappa shape index (κ3) is 7.30. The standard InChI is InChI=1S/C19H24F2N2O.C10H10N2O2.C2H6/c1-13-9-16(24-2)15(14-3-6-22-17(13)14)10-23-7-4-18(5-8-23)11-19(20,21)12-18;1-14-10(13)8-3-2-4-9(7-8)12-6-5-11;1-2/h3,6,9,22H,4-5,7-8,10-12H2,1-2H3;2-4,7,12H,6H2,1H3;1-2H3. The average Bonchev–Trinajstić information content (AvgIpc) is 3.45. The Hall–Kier alpha value is -3.64. The highest BCUT2D eigenvalue weighted by molar-refractivity contribution is 5.90. The normalized spacial score (nSPS) is 16.9. The number of benzene rings is 2. The lowest BCUT2D eigenvalue weighted by Gasteiger charge is -2.51. The molecule has 1 aliphatic carbocycles. The van der Waals surface area contributed by atoms with Crippen molar-refractivity contribution in [2.24, 2.45) is 5.41 Å². The number of aromatic nitrogens is 1. The summed E-state index contributed by atoms with van der Waals surface area (Å²) in [6.07, 6.45) is 3.90. The van der Waals surface area contributed by atoms with E-state index in [0.717, 1.165) is 49.4 Å². The van der Waals surface area contributed by atoms with E-state index in [1.54, 1.807) is 31.4 Å². The first-order chi connectivity index (χ1) is 19.2. The number of aryl methyl sites for hydroxylation is 1. The highest BCUT2D eigenvalue weighted by atomic mass is 19.3. The predicted molar refractivity (Wildman–Crippen MR) is 154 cm³/mol. The van der Waals surface area contributed by atoms with Crippen LogP contribution in [0.1, 0.15) is 61.0 Å². The Bertz CT molecular complexity index is 1310. The van der Waals surface area contributed by atoms with Crippen LogP contribution < -0.4 is 10.1 Å². The molecular weight excluding hydrogens is 514 g/mol. The summed E-state index contributed by atoms with van der Waals surface area (Å²) in [5, 5.41) is 12.4. The molecule has 1 saturated heterocycles. The molecule has 0 atom stereocenters. The van der Waals surface area contributed by atoms with E-state index >= 15 is 0 Å². The van der Waals surface area contributed by atoms with Gasteiger partial charge in [-0.25, -0.2) is 13.6 Å². The number of methoxy groups -OCH3 is 2. The summed E-state index contributed by atoms with van der Waals surface area (Å²) in [7, 11) is 3.04. The van der Waals surface area contributed by atoms with E-state index in [1.807, 2.05) is 26.1 Å². The topological polar surface area (TPSA) is 90.4 Å². The van der Waals surface area contributed by atoms with Crippen molar-refractivity contribution in [2.45, 2.75) is 58.9 Å². The number of anilines is 1. The molecule has 216 valence electrons. The van der Waals surface area contributed by atoms with Crippen molar-refractivity contribution < 1.29 is 23.0 Å². The molecule has 2 fully saturated rings. The maximum Gasteiger partial charge on any atom is 0.337 e. The summed E-state index contributed by atoms with van der Waals surface area (Å²) in [4.78, 5) is 16.8. The number of rotatable bonds is 6. The second-order valence-corrected chi connectivity index (χ2v) is 10.2. The van der Waals surface area contributed by atoms with Crippen LogP contribution in [-0.2, 0) is 11.3 Å². The number of nitriles is 1. The maximum atomic E-state index is 13.3. The number of likely N-dealkylation sites (tertiary alicyclic amines) is 1. The first-order valence-electron chi connectivity index (χ1n) is 13.7. The van der Waals surface area contributed by atoms with Gasteiger partial charge >= 0.3 is 5.97 Å². The number of ether oxygens (including phenoxy) is 2. The van der Waals surface area contributed by atoms with Crippen molar-refractivity contribution in [1.29, 1.82) is 5.26 Å². The van der Waals surface area contributed by atoms with Crippen LogP contribution >= 0.6 is 0 Å². The molecule has 1 aliphatic heterocycles. The van der Waals surface area contributed by atoms with Gasteiger partial charge in [-0.2, -0.15) is 5.26 Å². The van der Waals surface area contributed by atoms with Crippen molar-refractivity contribution in [3.63, 3.8) is 0 Å². The molecule has 0 unspecified atom stereocenters. The van der Waals surface area contributed by atoms with Crippen LogP contribution in [0.2, 0.25) is 0 Å². The van der Waals surface area contributed by atoms with Gasteiger partial charge in [0.05, 0.1) is 25.9 Å². The first-order valence-corrected chi connectivity index (χ1v) is 13.7. The molecule has 1 aromatic heterocycles. The molecule has 9 heteroatoms. The number of H-pyrrole nitrogens is 1. The largest absolute Gasteiger partial charge is 0.496 e. The first kappa shape index (κ1) is 30.9. The molecule has 2 heterocycles. The van der Waals surface area contributed by atoms with Crippen molar-refractivity contribution in [3.8, 4) is 11.8 Å². The number of fused-ring (bicyclic) bond motifs is 1. The minimum atomic E-state index is -2.42. The second-order valence-electron chi connectivity index (χ2n) is 10.2. The number of hydrogen-bond donors (Lipinski definition) is 2. The number of halogens is 2. The Balaban J connectivity index is 0.000000236. The molecule has 0 amide bonds. The molecule has 3 aromatic rings. The highest BCUT2D eigenvalue weighted by Crippen LogP contribution is 2.57. The average molecular weight is 555 g/mol. The zero-order valence-electron chi connectivity index (χ0n) is 24.1. The van der Waals surface area contributed by atoms with Crippen LogP contribution in [0.25, 0.3) is 10.9 Å². The van der Waals surface area contributed by atoms with Crippen molar-refractivity contribution >= 4 is 22.6 Å². The van der Waals surface area contributed by atoms with Gasteiger partial charge in [0.2, 0.25) is 5.92 Å². The van der Waals surface area contributed by atoms with Gasteiger partial charge in [-0.1, -0.05) is 19.9 Å². The molecule has 40 heavy (non-hydrogen) atoms. The quantitative estimate of drug-likeness (QED) is 0.254. The third-order valence-electron chi connectivity index (χ3n) is 7.55. The van der Waals surface area contributed by atoms with Crippen molar-refractivity contribution in [3.05, 3.63) is 59.3 Å². The van der Waals surface area contributed by atoms with Gasteiger partial charge in [0, 0.05) is 47.7 Å². The number of hydrogen-bond acceptors (Lipinski definition) is 6. The number of alkyl halides is 2. The Morgan fingerprint density at radius 3 is 2.45 bits per heavy atom. The van der Waals surface area contributed by atoms with E-state index in [0.29, 0.717) is 5.56 Å². The van der Waals surface area contributed by atoms with Crippen LogP contribution in [0.15, 0.2) is 42.6 Å². The molecule has 7 nitrogen and oxygen atoms in total. The lowest BCUT2D eigenvalue weighted by atomic mass is 9.61. The number of nitrogens with one attached hydrogen (secondary N) is 2. The van der Waals surface area contributed by atoms with Gasteiger partial charge in [0.15, 0.2) is 0 Å². The summed E-state index contributed by atoms with van der Waals surface area (Å²) in [6, 6.07) is 12.9. The lowest BCUT2D eigenvalue weighted by Crippen LogP contribution is -2.52. The molecule has 1 spiro atoms. The van der Waals surface area contributed by atoms with Crippen molar-refractivity contribution in [2.75, 3.05) is 39.2 Å². The second kappa shape index (κ2) is 13.6. The Morgan fingerprint density at radius 2 is 1.85 bits per heavy atom. The molecule has 1 saturated carbocycles. The van der Waals surface area contributed by atoms with Gasteiger partial charge in [0.25, 0.3) is 0 Å². The molecule has 2 aliphatic rings. The van der Waals surface area contributed by atoms with E-state index in [-0.39, 0.29) is 30.8 Å². The Labute approximate surface area is 235 Å². The predicted octanol–water partition coefficient (Wildman–Crippen LogP) is 6.93. The van der Waals surface area contributed by atoms with Crippen LogP contribution in [0.5, 0.6) is 5.75 Å². The fourth-order valence-corrected chi connectivity index (χ4v) is 5.60. The molecule has 0 radical (unpaired) electrons. The number of nitrogens with zero attached hydrogens (tertiary/aromatic N) is 2. The fourth-order valence-electron chi connectivity index (χ4n) is 5.60. The Kier molecular flexibility index (Phi) is 10.5. The summed E-state index contributed by atoms with van der Waals surface area (Å²) in [6.45, 7) is 8.87. The van der Waals surface area contributed by atoms with Gasteiger partial charge in [-0.05, 0) is 74.2 Å². The van der Waals surface area contributed by atoms with Crippen LogP contribution in [-0.4, -0.2) is 55.6 Å². The van der Waals surface area contributed by atoms with Gasteiger partial charge < -0.3 is 19.8 Å². The van der Waals surface area contributed by atoms with Crippen LogP contribution in [0.4, 0.5) is 14.5 Å². The molecule has 5 rings (SSSR count). The minimum Gasteiger partial charge on any atom is -0.496 e. The minimum absolute atomic E-state index is 0.0871. The van der Waals surface area contributed by atoms with E-state index in [2.05, 4.69) is 39.0 Å². The summed E-state index contributed by atoms with van der Waals surface area (Å²) < 4.78 is 36.7. The molecule has 0 bridgehead atoms. The fraction of sp³-hybridized carbons (Fsp3) is 0.484. The number of carbonyl (C=O) groups is 1. The van der Waals surface area contributed by atoms with Crippen LogP contribution in [0, 0.1) is 23.7 Å². The van der Waals surface area contributed by atoms with E-state index in [9.17, 15) is 13.6 Å².